The van der Waals surface area contributed by atoms with E-state index in [1.165, 1.54) is 0 Å². The van der Waals surface area contributed by atoms with Crippen molar-refractivity contribution in [2.45, 2.75) is 32.4 Å². The Labute approximate surface area is 94.6 Å². The fourth-order valence-electron chi connectivity index (χ4n) is 1.83. The van der Waals surface area contributed by atoms with Crippen LogP contribution in [0.5, 0.6) is 0 Å². The summed E-state index contributed by atoms with van der Waals surface area (Å²) in [6.07, 6.45) is 1.02. The third-order valence-electron chi connectivity index (χ3n) is 3.07. The Balaban J connectivity index is 3.94. The summed E-state index contributed by atoms with van der Waals surface area (Å²) >= 11 is 0. The molecule has 0 aliphatic rings. The van der Waals surface area contributed by atoms with Gasteiger partial charge >= 0.3 is 0 Å². The van der Waals surface area contributed by atoms with Gasteiger partial charge in [-0.1, -0.05) is 13.8 Å². The molecule has 15 heavy (non-hydrogen) atoms. The average Bonchev–Trinajstić information content (AvgIpc) is 2.19. The van der Waals surface area contributed by atoms with Crippen LogP contribution >= 0.6 is 0 Å². The Bertz CT molecular complexity index is 146. The molecule has 2 atom stereocenters. The Morgan fingerprint density at radius 1 is 1.13 bits per heavy atom. The molecule has 4 nitrogen and oxygen atoms in total. The van der Waals surface area contributed by atoms with Gasteiger partial charge in [-0.3, -0.25) is 0 Å². The van der Waals surface area contributed by atoms with Gasteiger partial charge in [0, 0.05) is 18.6 Å². The summed E-state index contributed by atoms with van der Waals surface area (Å²) in [6, 6.07) is 0.464. The number of hydrogen-bond acceptors (Lipinski definition) is 4. The minimum Gasteiger partial charge on any atom is -0.329 e. The largest absolute Gasteiger partial charge is 0.329 e. The number of likely N-dealkylation sites (N-methyl/N-ethyl adjacent to an activating group) is 1. The Morgan fingerprint density at radius 3 is 2.00 bits per heavy atom. The molecule has 4 N–H and O–H groups in total. The topological polar surface area (TPSA) is 58.5 Å². The van der Waals surface area contributed by atoms with E-state index in [1.54, 1.807) is 0 Å². The van der Waals surface area contributed by atoms with Gasteiger partial charge in [-0.15, -0.1) is 0 Å². The van der Waals surface area contributed by atoms with Crippen LogP contribution in [0.3, 0.4) is 0 Å². The van der Waals surface area contributed by atoms with Gasteiger partial charge in [0.1, 0.15) is 0 Å². The molecule has 0 saturated heterocycles. The molecular formula is C11H28N4. The lowest BCUT2D eigenvalue weighted by molar-refractivity contribution is 0.225. The van der Waals surface area contributed by atoms with Crippen LogP contribution in [0.25, 0.3) is 0 Å². The van der Waals surface area contributed by atoms with Crippen molar-refractivity contribution in [3.8, 4) is 0 Å². The zero-order valence-electron chi connectivity index (χ0n) is 10.7. The molecule has 0 bridgehead atoms. The molecule has 0 amide bonds. The highest BCUT2D eigenvalue weighted by atomic mass is 15.1. The fraction of sp³-hybridized carbons (Fsp3) is 1.00. The zero-order valence-corrected chi connectivity index (χ0v) is 10.7. The van der Waals surface area contributed by atoms with Crippen LogP contribution in [0.1, 0.15) is 20.3 Å². The van der Waals surface area contributed by atoms with E-state index < -0.39 is 0 Å². The van der Waals surface area contributed by atoms with Crippen LogP contribution in [-0.2, 0) is 0 Å². The van der Waals surface area contributed by atoms with Gasteiger partial charge in [-0.2, -0.15) is 0 Å². The molecule has 0 aliphatic carbocycles. The van der Waals surface area contributed by atoms with Crippen molar-refractivity contribution in [1.29, 1.82) is 0 Å². The maximum Gasteiger partial charge on any atom is 0.0364 e. The van der Waals surface area contributed by atoms with Crippen LogP contribution in [0, 0.1) is 0 Å². The molecule has 0 aromatic rings. The molecule has 0 radical (unpaired) electrons. The monoisotopic (exact) mass is 216 g/mol. The lowest BCUT2D eigenvalue weighted by Crippen LogP contribution is -2.50. The zero-order chi connectivity index (χ0) is 11.8. The third-order valence-corrected chi connectivity index (χ3v) is 3.07. The summed E-state index contributed by atoms with van der Waals surface area (Å²) in [4.78, 5) is 4.51. The van der Waals surface area contributed by atoms with Gasteiger partial charge in [0.2, 0.25) is 0 Å². The van der Waals surface area contributed by atoms with Crippen LogP contribution in [0.15, 0.2) is 0 Å². The number of rotatable bonds is 8. The fourth-order valence-corrected chi connectivity index (χ4v) is 1.83. The molecule has 0 saturated carbocycles. The van der Waals surface area contributed by atoms with Gasteiger partial charge in [-0.25, -0.2) is 0 Å². The first-order chi connectivity index (χ1) is 7.06. The van der Waals surface area contributed by atoms with E-state index in [0.717, 1.165) is 26.1 Å². The van der Waals surface area contributed by atoms with Crippen molar-refractivity contribution in [2.75, 3.05) is 40.3 Å². The van der Waals surface area contributed by atoms with Crippen molar-refractivity contribution >= 4 is 0 Å². The van der Waals surface area contributed by atoms with E-state index in [1.807, 2.05) is 14.1 Å². The standard InChI is InChI=1S/C11H28N4/c1-5-15(6-2)8-7-10(13)11(9-12)14(3)4/h10-11H,5-9,12-13H2,1-4H3. The first kappa shape index (κ1) is 14.8. The molecule has 0 aliphatic heterocycles. The van der Waals surface area contributed by atoms with E-state index in [9.17, 15) is 0 Å². The predicted octanol–water partition coefficient (Wildman–Crippen LogP) is -0.0655. The van der Waals surface area contributed by atoms with Gasteiger partial charge in [0.05, 0.1) is 0 Å². The van der Waals surface area contributed by atoms with Crippen LogP contribution < -0.4 is 11.5 Å². The quantitative estimate of drug-likeness (QED) is 0.596. The molecule has 0 heterocycles. The second-order valence-corrected chi connectivity index (χ2v) is 4.25. The smallest absolute Gasteiger partial charge is 0.0364 e. The number of nitrogens with two attached hydrogens (primary N) is 2. The van der Waals surface area contributed by atoms with Crippen molar-refractivity contribution in [2.24, 2.45) is 11.5 Å². The molecule has 0 spiro atoms. The van der Waals surface area contributed by atoms with Crippen molar-refractivity contribution < 1.29 is 0 Å². The molecule has 92 valence electrons. The minimum absolute atomic E-state index is 0.172. The Kier molecular flexibility index (Phi) is 7.96. The van der Waals surface area contributed by atoms with Crippen LogP contribution in [-0.4, -0.2) is 62.2 Å². The molecule has 0 aromatic heterocycles. The molecule has 2 unspecified atom stereocenters. The summed E-state index contributed by atoms with van der Waals surface area (Å²) in [6.45, 7) is 8.25. The number of nitrogens with zero attached hydrogens (tertiary/aromatic N) is 2. The van der Waals surface area contributed by atoms with E-state index in [2.05, 4.69) is 23.6 Å². The molecule has 0 fully saturated rings. The maximum absolute atomic E-state index is 6.14. The molecule has 0 rings (SSSR count). The first-order valence-corrected chi connectivity index (χ1v) is 5.91. The van der Waals surface area contributed by atoms with E-state index >= 15 is 0 Å². The first-order valence-electron chi connectivity index (χ1n) is 5.91. The average molecular weight is 216 g/mol. The Hall–Kier alpha value is -0.160. The highest BCUT2D eigenvalue weighted by molar-refractivity contribution is 4.80. The van der Waals surface area contributed by atoms with Crippen molar-refractivity contribution in [3.05, 3.63) is 0 Å². The molecule has 0 aromatic carbocycles. The summed E-state index contributed by atoms with van der Waals surface area (Å²) < 4.78 is 0. The van der Waals surface area contributed by atoms with E-state index in [4.69, 9.17) is 11.5 Å². The second kappa shape index (κ2) is 8.05. The summed E-state index contributed by atoms with van der Waals surface area (Å²) in [5.74, 6) is 0. The predicted molar refractivity (Wildman–Crippen MR) is 66.9 cm³/mol. The van der Waals surface area contributed by atoms with Gasteiger partial charge in [0.15, 0.2) is 0 Å². The summed E-state index contributed by atoms with van der Waals surface area (Å²) in [5, 5.41) is 0. The van der Waals surface area contributed by atoms with E-state index in [-0.39, 0.29) is 6.04 Å². The normalized spacial score (nSPS) is 16.0. The van der Waals surface area contributed by atoms with Gasteiger partial charge in [0.25, 0.3) is 0 Å². The third kappa shape index (κ3) is 5.47. The van der Waals surface area contributed by atoms with Crippen molar-refractivity contribution in [3.63, 3.8) is 0 Å². The van der Waals surface area contributed by atoms with Gasteiger partial charge < -0.3 is 21.3 Å². The maximum atomic E-state index is 6.14. The van der Waals surface area contributed by atoms with E-state index in [0.29, 0.717) is 12.6 Å². The highest BCUT2D eigenvalue weighted by Gasteiger charge is 2.18. The minimum atomic E-state index is 0.172. The van der Waals surface area contributed by atoms with Crippen LogP contribution in [0.2, 0.25) is 0 Å². The molecular weight excluding hydrogens is 188 g/mol. The summed E-state index contributed by atoms with van der Waals surface area (Å²) in [5.41, 5.74) is 11.8. The lowest BCUT2D eigenvalue weighted by atomic mass is 10.0. The summed E-state index contributed by atoms with van der Waals surface area (Å²) in [7, 11) is 4.07. The number of hydrogen-bond donors (Lipinski definition) is 2. The van der Waals surface area contributed by atoms with Gasteiger partial charge in [-0.05, 0) is 40.2 Å². The van der Waals surface area contributed by atoms with Crippen molar-refractivity contribution in [1.82, 2.24) is 9.80 Å². The molecule has 4 heteroatoms. The van der Waals surface area contributed by atoms with Crippen LogP contribution in [0.4, 0.5) is 0 Å². The SMILES string of the molecule is CCN(CC)CCC(N)C(CN)N(C)C. The lowest BCUT2D eigenvalue weighted by Gasteiger charge is -2.30. The highest BCUT2D eigenvalue weighted by Crippen LogP contribution is 2.02. The second-order valence-electron chi connectivity index (χ2n) is 4.25. The Morgan fingerprint density at radius 2 is 1.67 bits per heavy atom.